The van der Waals surface area contributed by atoms with Crippen LogP contribution in [-0.4, -0.2) is 48.5 Å². The van der Waals surface area contributed by atoms with Crippen molar-refractivity contribution in [2.45, 2.75) is 32.2 Å². The van der Waals surface area contributed by atoms with Crippen molar-refractivity contribution >= 4 is 5.91 Å². The molecule has 2 aromatic rings. The van der Waals surface area contributed by atoms with Crippen molar-refractivity contribution in [3.05, 3.63) is 65.7 Å². The first-order valence-corrected chi connectivity index (χ1v) is 10.3. The predicted molar refractivity (Wildman–Crippen MR) is 114 cm³/mol. The summed E-state index contributed by atoms with van der Waals surface area (Å²) in [5, 5.41) is 9.72. The summed E-state index contributed by atoms with van der Waals surface area (Å²) in [6.45, 7) is 7.41. The van der Waals surface area contributed by atoms with E-state index in [0.717, 1.165) is 11.3 Å². The smallest absolute Gasteiger partial charge is 0.226 e. The van der Waals surface area contributed by atoms with E-state index in [1.54, 1.807) is 0 Å². The fraction of sp³-hybridized carbons (Fsp3) is 0.417. The molecule has 29 heavy (non-hydrogen) atoms. The van der Waals surface area contributed by atoms with Gasteiger partial charge in [-0.05, 0) is 29.2 Å². The molecule has 2 aromatic carbocycles. The second-order valence-electron chi connectivity index (χ2n) is 7.68. The molecule has 1 unspecified atom stereocenters. The molecule has 1 aliphatic heterocycles. The maximum Gasteiger partial charge on any atom is 0.226 e. The van der Waals surface area contributed by atoms with Crippen LogP contribution in [0.15, 0.2) is 54.6 Å². The summed E-state index contributed by atoms with van der Waals surface area (Å²) < 4.78 is 5.63. The maximum absolute atomic E-state index is 12.5. The second kappa shape index (κ2) is 10.1. The van der Waals surface area contributed by atoms with Crippen LogP contribution in [0.5, 0.6) is 5.75 Å². The van der Waals surface area contributed by atoms with Gasteiger partial charge in [-0.15, -0.1) is 0 Å². The van der Waals surface area contributed by atoms with E-state index in [9.17, 15) is 10.1 Å². The number of hydrogen-bond donors (Lipinski definition) is 0. The number of hydrogen-bond acceptors (Lipinski definition) is 4. The Morgan fingerprint density at radius 3 is 2.21 bits per heavy atom. The van der Waals surface area contributed by atoms with E-state index in [4.69, 9.17) is 4.74 Å². The number of rotatable bonds is 7. The molecule has 0 bridgehead atoms. The van der Waals surface area contributed by atoms with E-state index in [2.05, 4.69) is 49.1 Å². The molecule has 5 heteroatoms. The molecule has 1 fully saturated rings. The Hall–Kier alpha value is -2.84. The van der Waals surface area contributed by atoms with Crippen molar-refractivity contribution in [1.82, 2.24) is 9.80 Å². The van der Waals surface area contributed by atoms with Crippen molar-refractivity contribution in [3.8, 4) is 11.8 Å². The van der Waals surface area contributed by atoms with E-state index in [1.165, 1.54) is 5.56 Å². The zero-order valence-electron chi connectivity index (χ0n) is 17.3. The fourth-order valence-corrected chi connectivity index (χ4v) is 3.59. The number of carbonyl (C=O) groups excluding carboxylic acids is 1. The summed E-state index contributed by atoms with van der Waals surface area (Å²) in [4.78, 5) is 16.5. The minimum Gasteiger partial charge on any atom is -0.493 e. The molecule has 0 saturated carbocycles. The van der Waals surface area contributed by atoms with Crippen LogP contribution in [0.4, 0.5) is 0 Å². The summed E-state index contributed by atoms with van der Waals surface area (Å²) in [7, 11) is 0. The maximum atomic E-state index is 12.5. The molecule has 0 N–H and O–H groups in total. The van der Waals surface area contributed by atoms with Gasteiger partial charge in [0.2, 0.25) is 5.91 Å². The van der Waals surface area contributed by atoms with E-state index in [-0.39, 0.29) is 11.9 Å². The monoisotopic (exact) mass is 391 g/mol. The molecule has 0 aliphatic carbocycles. The number of benzene rings is 2. The molecule has 1 aliphatic rings. The highest BCUT2D eigenvalue weighted by molar-refractivity contribution is 5.76. The lowest BCUT2D eigenvalue weighted by atomic mass is 9.98. The molecule has 0 aromatic heterocycles. The molecule has 5 nitrogen and oxygen atoms in total. The van der Waals surface area contributed by atoms with Crippen LogP contribution in [0, 0.1) is 11.3 Å². The number of ether oxygens (including phenoxy) is 1. The number of carbonyl (C=O) groups is 1. The number of amides is 1. The average Bonchev–Trinajstić information content (AvgIpc) is 2.76. The number of nitriles is 1. The first kappa shape index (κ1) is 20.9. The zero-order chi connectivity index (χ0) is 20.6. The highest BCUT2D eigenvalue weighted by atomic mass is 16.5. The Labute approximate surface area is 173 Å². The van der Waals surface area contributed by atoms with Gasteiger partial charge in [0.1, 0.15) is 11.8 Å². The average molecular weight is 392 g/mol. The Morgan fingerprint density at radius 1 is 1.00 bits per heavy atom. The highest BCUT2D eigenvalue weighted by Gasteiger charge is 2.27. The molecule has 3 rings (SSSR count). The third-order valence-corrected chi connectivity index (χ3v) is 5.40. The van der Waals surface area contributed by atoms with Crippen LogP contribution >= 0.6 is 0 Å². The van der Waals surface area contributed by atoms with Gasteiger partial charge in [0.25, 0.3) is 0 Å². The third kappa shape index (κ3) is 5.58. The lowest BCUT2D eigenvalue weighted by molar-refractivity contribution is -0.133. The van der Waals surface area contributed by atoms with Crippen molar-refractivity contribution < 1.29 is 9.53 Å². The summed E-state index contributed by atoms with van der Waals surface area (Å²) in [5.74, 6) is 1.37. The molecule has 1 atom stereocenters. The van der Waals surface area contributed by atoms with Crippen LogP contribution in [0.3, 0.4) is 0 Å². The zero-order valence-corrected chi connectivity index (χ0v) is 17.3. The SMILES string of the molecule is CC(C)c1ccc(C(C#N)N2CCN(C(=O)CCOc3ccccc3)CC2)cc1. The van der Waals surface area contributed by atoms with Gasteiger partial charge in [-0.3, -0.25) is 9.69 Å². The Morgan fingerprint density at radius 2 is 1.62 bits per heavy atom. The van der Waals surface area contributed by atoms with Crippen LogP contribution < -0.4 is 4.74 Å². The minimum absolute atomic E-state index is 0.107. The van der Waals surface area contributed by atoms with Crippen molar-refractivity contribution in [1.29, 1.82) is 5.26 Å². The van der Waals surface area contributed by atoms with E-state index in [1.807, 2.05) is 35.2 Å². The molecule has 0 radical (unpaired) electrons. The minimum atomic E-state index is -0.269. The largest absolute Gasteiger partial charge is 0.493 e. The molecule has 0 spiro atoms. The first-order chi connectivity index (χ1) is 14.1. The summed E-state index contributed by atoms with van der Waals surface area (Å²) in [5.41, 5.74) is 2.30. The lowest BCUT2D eigenvalue weighted by Gasteiger charge is -2.37. The molecular weight excluding hydrogens is 362 g/mol. The molecule has 152 valence electrons. The summed E-state index contributed by atoms with van der Waals surface area (Å²) >= 11 is 0. The summed E-state index contributed by atoms with van der Waals surface area (Å²) in [6, 6.07) is 20.0. The van der Waals surface area contributed by atoms with Gasteiger partial charge < -0.3 is 9.64 Å². The van der Waals surface area contributed by atoms with Crippen molar-refractivity contribution in [2.24, 2.45) is 0 Å². The normalized spacial score (nSPS) is 15.7. The van der Waals surface area contributed by atoms with Gasteiger partial charge in [0.15, 0.2) is 0 Å². The van der Waals surface area contributed by atoms with Crippen molar-refractivity contribution in [3.63, 3.8) is 0 Å². The number of para-hydroxylation sites is 1. The number of piperazine rings is 1. The van der Waals surface area contributed by atoms with E-state index >= 15 is 0 Å². The summed E-state index contributed by atoms with van der Waals surface area (Å²) in [6.07, 6.45) is 0.368. The highest BCUT2D eigenvalue weighted by Crippen LogP contribution is 2.24. The predicted octanol–water partition coefficient (Wildman–Crippen LogP) is 3.99. The van der Waals surface area contributed by atoms with Crippen LogP contribution in [0.25, 0.3) is 0 Å². The van der Waals surface area contributed by atoms with Gasteiger partial charge >= 0.3 is 0 Å². The first-order valence-electron chi connectivity index (χ1n) is 10.3. The van der Waals surface area contributed by atoms with E-state index in [0.29, 0.717) is 45.1 Å². The molecule has 1 saturated heterocycles. The van der Waals surface area contributed by atoms with Crippen LogP contribution in [-0.2, 0) is 4.79 Å². The van der Waals surface area contributed by atoms with Crippen molar-refractivity contribution in [2.75, 3.05) is 32.8 Å². The molecular formula is C24H29N3O2. The Bertz CT molecular complexity index is 819. The van der Waals surface area contributed by atoms with Gasteiger partial charge in [-0.2, -0.15) is 5.26 Å². The topological polar surface area (TPSA) is 56.6 Å². The molecule has 1 amide bonds. The van der Waals surface area contributed by atoms with Crippen LogP contribution in [0.2, 0.25) is 0 Å². The van der Waals surface area contributed by atoms with Gasteiger partial charge in [0.05, 0.1) is 19.1 Å². The second-order valence-corrected chi connectivity index (χ2v) is 7.68. The fourth-order valence-electron chi connectivity index (χ4n) is 3.59. The Kier molecular flexibility index (Phi) is 7.26. The Balaban J connectivity index is 1.48. The van der Waals surface area contributed by atoms with Gasteiger partial charge in [-0.25, -0.2) is 0 Å². The number of nitrogens with zero attached hydrogens (tertiary/aromatic N) is 3. The standard InChI is InChI=1S/C24H29N3O2/c1-19(2)20-8-10-21(11-9-20)23(18-25)26-13-15-27(16-14-26)24(28)12-17-29-22-6-4-3-5-7-22/h3-11,19,23H,12-17H2,1-2H3. The van der Waals surface area contributed by atoms with Crippen LogP contribution in [0.1, 0.15) is 43.4 Å². The van der Waals surface area contributed by atoms with Gasteiger partial charge in [-0.1, -0.05) is 56.3 Å². The lowest BCUT2D eigenvalue weighted by Crippen LogP contribution is -2.49. The van der Waals surface area contributed by atoms with E-state index < -0.39 is 0 Å². The third-order valence-electron chi connectivity index (χ3n) is 5.40. The van der Waals surface area contributed by atoms with Gasteiger partial charge in [0, 0.05) is 26.2 Å². The quantitative estimate of drug-likeness (QED) is 0.716. The molecule has 1 heterocycles.